The number of benzene rings is 1. The van der Waals surface area contributed by atoms with Gasteiger partial charge in [0, 0.05) is 16.8 Å². The van der Waals surface area contributed by atoms with Crippen LogP contribution in [0.15, 0.2) is 41.8 Å². The Hall–Kier alpha value is -2.44. The predicted octanol–water partition coefficient (Wildman–Crippen LogP) is 4.27. The molecule has 4 heterocycles. The summed E-state index contributed by atoms with van der Waals surface area (Å²) in [4.78, 5) is 44.5. The summed E-state index contributed by atoms with van der Waals surface area (Å²) < 4.78 is 0. The fraction of sp³-hybridized carbons (Fsp3) is 0.348. The summed E-state index contributed by atoms with van der Waals surface area (Å²) in [6.07, 6.45) is 4.58. The standard InChI is InChI=1S/C23H21ClN2O3S/c1-3-12(2)25-22(28)18-16-8-6-13-11-14(24)7-9-15(13)26(16)20(19(18)23(25)29)21(27)17-5-4-10-30-17/h4-12,16,18-20H,3H2,1-2H3/t12-,16-,18-,19-,20-/m0/s1. The first-order valence-electron chi connectivity index (χ1n) is 10.1. The number of hydrogen-bond acceptors (Lipinski definition) is 5. The molecule has 2 aromatic rings. The molecule has 1 aromatic heterocycles. The molecule has 5 nitrogen and oxygen atoms in total. The number of thiophene rings is 1. The first kappa shape index (κ1) is 19.5. The molecule has 0 spiro atoms. The number of carbonyl (C=O) groups is 3. The van der Waals surface area contributed by atoms with Crippen molar-refractivity contribution >= 4 is 52.3 Å². The van der Waals surface area contributed by atoms with Crippen LogP contribution in [0.5, 0.6) is 0 Å². The van der Waals surface area contributed by atoms with Gasteiger partial charge in [0.15, 0.2) is 5.78 Å². The minimum absolute atomic E-state index is 0.106. The highest BCUT2D eigenvalue weighted by molar-refractivity contribution is 7.12. The lowest BCUT2D eigenvalue weighted by molar-refractivity contribution is -0.142. The molecule has 154 valence electrons. The van der Waals surface area contributed by atoms with Crippen LogP contribution in [0.2, 0.25) is 5.02 Å². The third kappa shape index (κ3) is 2.63. The maximum absolute atomic E-state index is 13.6. The van der Waals surface area contributed by atoms with Gasteiger partial charge in [0.05, 0.1) is 22.8 Å². The summed E-state index contributed by atoms with van der Waals surface area (Å²) in [6.45, 7) is 3.85. The molecule has 0 radical (unpaired) electrons. The molecule has 0 N–H and O–H groups in total. The highest BCUT2D eigenvalue weighted by atomic mass is 35.5. The number of halogens is 1. The SMILES string of the molecule is CC[C@H](C)N1C(=O)[C@@H]2[C@H](C1=O)[C@@H](C(=O)c1cccs1)N1c3ccc(Cl)cc3C=C[C@@H]21. The number of nitrogens with zero attached hydrogens (tertiary/aromatic N) is 2. The molecule has 5 rings (SSSR count). The zero-order valence-electron chi connectivity index (χ0n) is 16.6. The van der Waals surface area contributed by atoms with Gasteiger partial charge < -0.3 is 4.90 Å². The van der Waals surface area contributed by atoms with E-state index in [9.17, 15) is 14.4 Å². The van der Waals surface area contributed by atoms with Crippen LogP contribution in [0.1, 0.15) is 35.5 Å². The van der Waals surface area contributed by atoms with Gasteiger partial charge in [-0.25, -0.2) is 0 Å². The highest BCUT2D eigenvalue weighted by Crippen LogP contribution is 2.50. The predicted molar refractivity (Wildman–Crippen MR) is 118 cm³/mol. The quantitative estimate of drug-likeness (QED) is 0.526. The third-order valence-electron chi connectivity index (χ3n) is 6.57. The summed E-state index contributed by atoms with van der Waals surface area (Å²) in [6, 6.07) is 7.90. The Morgan fingerprint density at radius 1 is 1.20 bits per heavy atom. The topological polar surface area (TPSA) is 57.7 Å². The van der Waals surface area contributed by atoms with Gasteiger partial charge in [-0.2, -0.15) is 0 Å². The number of Topliss-reactive ketones (excluding diaryl/α,β-unsaturated/α-hetero) is 1. The second-order valence-electron chi connectivity index (χ2n) is 8.10. The molecule has 3 aliphatic rings. The Bertz CT molecular complexity index is 1080. The summed E-state index contributed by atoms with van der Waals surface area (Å²) in [7, 11) is 0. The zero-order valence-corrected chi connectivity index (χ0v) is 18.2. The van der Waals surface area contributed by atoms with E-state index in [0.717, 1.165) is 11.3 Å². The number of ketones is 1. The molecule has 2 saturated heterocycles. The number of carbonyl (C=O) groups excluding carboxylic acids is 3. The Kier molecular flexibility index (Phi) is 4.60. The van der Waals surface area contributed by atoms with Crippen LogP contribution in [0, 0.1) is 11.8 Å². The van der Waals surface area contributed by atoms with Gasteiger partial charge in [0.2, 0.25) is 11.8 Å². The summed E-state index contributed by atoms with van der Waals surface area (Å²) in [5.41, 5.74) is 1.73. The molecular formula is C23H21ClN2O3S. The summed E-state index contributed by atoms with van der Waals surface area (Å²) in [5, 5.41) is 2.46. The van der Waals surface area contributed by atoms with E-state index in [0.29, 0.717) is 16.3 Å². The number of likely N-dealkylation sites (tertiary alicyclic amines) is 1. The molecule has 7 heteroatoms. The minimum Gasteiger partial charge on any atom is -0.352 e. The van der Waals surface area contributed by atoms with Gasteiger partial charge in [-0.15, -0.1) is 11.3 Å². The van der Waals surface area contributed by atoms with Crippen LogP contribution >= 0.6 is 22.9 Å². The van der Waals surface area contributed by atoms with E-state index in [1.807, 2.05) is 54.5 Å². The number of hydrogen-bond donors (Lipinski definition) is 0. The van der Waals surface area contributed by atoms with Crippen LogP contribution in [-0.2, 0) is 9.59 Å². The molecule has 2 fully saturated rings. The second kappa shape index (κ2) is 7.06. The van der Waals surface area contributed by atoms with Crippen LogP contribution in [0.3, 0.4) is 0 Å². The molecule has 1 aromatic carbocycles. The van der Waals surface area contributed by atoms with E-state index in [2.05, 4.69) is 0 Å². The fourth-order valence-corrected chi connectivity index (χ4v) is 5.93. The number of amides is 2. The molecule has 0 aliphatic carbocycles. The van der Waals surface area contributed by atoms with Gasteiger partial charge >= 0.3 is 0 Å². The molecule has 3 aliphatic heterocycles. The summed E-state index contributed by atoms with van der Waals surface area (Å²) in [5.74, 6) is -1.74. The Morgan fingerprint density at radius 2 is 1.97 bits per heavy atom. The van der Waals surface area contributed by atoms with E-state index >= 15 is 0 Å². The maximum Gasteiger partial charge on any atom is 0.236 e. The monoisotopic (exact) mass is 440 g/mol. The number of anilines is 1. The zero-order chi connectivity index (χ0) is 21.2. The highest BCUT2D eigenvalue weighted by Gasteiger charge is 2.64. The van der Waals surface area contributed by atoms with Crippen molar-refractivity contribution in [3.05, 3.63) is 57.3 Å². The first-order valence-corrected chi connectivity index (χ1v) is 11.4. The Labute approximate surface area is 183 Å². The van der Waals surface area contributed by atoms with E-state index in [-0.39, 0.29) is 29.7 Å². The molecule has 2 amide bonds. The summed E-state index contributed by atoms with van der Waals surface area (Å²) >= 11 is 7.54. The van der Waals surface area contributed by atoms with Gasteiger partial charge in [-0.1, -0.05) is 36.7 Å². The van der Waals surface area contributed by atoms with E-state index in [4.69, 9.17) is 11.6 Å². The number of rotatable bonds is 4. The average Bonchev–Trinajstić information content (AvgIpc) is 3.43. The van der Waals surface area contributed by atoms with E-state index < -0.39 is 17.9 Å². The third-order valence-corrected chi connectivity index (χ3v) is 7.69. The molecular weight excluding hydrogens is 420 g/mol. The lowest BCUT2D eigenvalue weighted by Crippen LogP contribution is -2.50. The smallest absolute Gasteiger partial charge is 0.236 e. The minimum atomic E-state index is -0.714. The lowest BCUT2D eigenvalue weighted by atomic mass is 9.87. The largest absolute Gasteiger partial charge is 0.352 e. The van der Waals surface area contributed by atoms with Gasteiger partial charge in [-0.3, -0.25) is 19.3 Å². The van der Waals surface area contributed by atoms with Crippen molar-refractivity contribution in [1.29, 1.82) is 0 Å². The van der Waals surface area contributed by atoms with Crippen LogP contribution in [0.25, 0.3) is 6.08 Å². The van der Waals surface area contributed by atoms with E-state index in [1.165, 1.54) is 16.2 Å². The van der Waals surface area contributed by atoms with Crippen molar-refractivity contribution in [2.75, 3.05) is 4.90 Å². The van der Waals surface area contributed by atoms with Crippen molar-refractivity contribution in [3.8, 4) is 0 Å². The van der Waals surface area contributed by atoms with Gasteiger partial charge in [0.1, 0.15) is 6.04 Å². The molecule has 0 unspecified atom stereocenters. The van der Waals surface area contributed by atoms with Crippen LogP contribution < -0.4 is 4.90 Å². The van der Waals surface area contributed by atoms with Crippen LogP contribution in [-0.4, -0.2) is 40.6 Å². The van der Waals surface area contributed by atoms with Gasteiger partial charge in [0.25, 0.3) is 0 Å². The molecule has 5 atom stereocenters. The average molecular weight is 441 g/mol. The van der Waals surface area contributed by atoms with Crippen LogP contribution in [0.4, 0.5) is 5.69 Å². The van der Waals surface area contributed by atoms with E-state index in [1.54, 1.807) is 12.1 Å². The van der Waals surface area contributed by atoms with Gasteiger partial charge in [-0.05, 0) is 48.6 Å². The fourth-order valence-electron chi connectivity index (χ4n) is 5.05. The van der Waals surface area contributed by atoms with Crippen molar-refractivity contribution in [2.24, 2.45) is 11.8 Å². The molecule has 30 heavy (non-hydrogen) atoms. The van der Waals surface area contributed by atoms with Crippen molar-refractivity contribution < 1.29 is 14.4 Å². The molecule has 0 saturated carbocycles. The van der Waals surface area contributed by atoms with Crippen molar-refractivity contribution in [2.45, 2.75) is 38.4 Å². The maximum atomic E-state index is 13.6. The number of fused-ring (bicyclic) bond motifs is 5. The molecule has 0 bridgehead atoms. The lowest BCUT2D eigenvalue weighted by Gasteiger charge is -2.37. The first-order chi connectivity index (χ1) is 14.4. The number of imide groups is 1. The van der Waals surface area contributed by atoms with Crippen molar-refractivity contribution in [1.82, 2.24) is 4.90 Å². The Balaban J connectivity index is 1.66. The second-order valence-corrected chi connectivity index (χ2v) is 9.49. The van der Waals surface area contributed by atoms with Crippen molar-refractivity contribution in [3.63, 3.8) is 0 Å². The Morgan fingerprint density at radius 3 is 2.67 bits per heavy atom. The normalized spacial score (nSPS) is 27.8.